The molecule has 7 heteroatoms. The molecule has 0 saturated heterocycles. The molecule has 0 spiro atoms. The number of anilines is 1. The van der Waals surface area contributed by atoms with Crippen molar-refractivity contribution < 1.29 is 13.5 Å². The molecule has 0 saturated carbocycles. The number of hydrogen-bond acceptors (Lipinski definition) is 4. The normalized spacial score (nSPS) is 11.5. The number of hydrogen-bond donors (Lipinski definition) is 2. The van der Waals surface area contributed by atoms with Gasteiger partial charge < -0.3 is 5.11 Å². The van der Waals surface area contributed by atoms with Crippen molar-refractivity contribution in [2.75, 3.05) is 4.72 Å². The van der Waals surface area contributed by atoms with Crippen LogP contribution >= 0.6 is 27.3 Å². The Kier molecular flexibility index (Phi) is 4.29. The third-order valence-corrected chi connectivity index (χ3v) is 6.14. The molecule has 0 bridgehead atoms. The van der Waals surface area contributed by atoms with Crippen LogP contribution in [0.2, 0.25) is 0 Å². The number of rotatable bonds is 4. The SMILES string of the molecule is Cc1ccccc1NS(=O)(=O)c1cc(CO)sc1Br. The van der Waals surface area contributed by atoms with Crippen LogP contribution in [-0.4, -0.2) is 13.5 Å². The van der Waals surface area contributed by atoms with E-state index < -0.39 is 10.0 Å². The lowest BCUT2D eigenvalue weighted by Crippen LogP contribution is -2.13. The molecule has 0 amide bonds. The number of aryl methyl sites for hydroxylation is 1. The van der Waals surface area contributed by atoms with Crippen LogP contribution in [0.15, 0.2) is 39.0 Å². The fourth-order valence-corrected chi connectivity index (χ4v) is 5.22. The lowest BCUT2D eigenvalue weighted by Gasteiger charge is -2.09. The molecule has 1 aromatic carbocycles. The molecule has 2 N–H and O–H groups in total. The Morgan fingerprint density at radius 2 is 2.05 bits per heavy atom. The average Bonchev–Trinajstić information content (AvgIpc) is 2.74. The van der Waals surface area contributed by atoms with Gasteiger partial charge in [0.15, 0.2) is 0 Å². The maximum atomic E-state index is 12.3. The number of halogens is 1. The summed E-state index contributed by atoms with van der Waals surface area (Å²) < 4.78 is 27.6. The zero-order valence-electron chi connectivity index (χ0n) is 10.1. The van der Waals surface area contributed by atoms with Crippen LogP contribution in [0.3, 0.4) is 0 Å². The second-order valence-corrected chi connectivity index (χ2v) is 8.03. The molecule has 1 aromatic heterocycles. The topological polar surface area (TPSA) is 66.4 Å². The Labute approximate surface area is 124 Å². The molecule has 2 rings (SSSR count). The van der Waals surface area contributed by atoms with Crippen molar-refractivity contribution in [1.82, 2.24) is 0 Å². The molecule has 0 aliphatic carbocycles. The number of aliphatic hydroxyl groups excluding tert-OH is 1. The van der Waals surface area contributed by atoms with Crippen molar-refractivity contribution in [3.8, 4) is 0 Å². The summed E-state index contributed by atoms with van der Waals surface area (Å²) in [5, 5.41) is 9.05. The third-order valence-electron chi connectivity index (χ3n) is 2.54. The van der Waals surface area contributed by atoms with Crippen molar-refractivity contribution in [2.24, 2.45) is 0 Å². The summed E-state index contributed by atoms with van der Waals surface area (Å²) in [6.07, 6.45) is 0. The average molecular weight is 362 g/mol. The quantitative estimate of drug-likeness (QED) is 0.878. The summed E-state index contributed by atoms with van der Waals surface area (Å²) in [4.78, 5) is 0.738. The first-order valence-electron chi connectivity index (χ1n) is 5.41. The molecule has 0 fully saturated rings. The highest BCUT2D eigenvalue weighted by Crippen LogP contribution is 2.33. The highest BCUT2D eigenvalue weighted by atomic mass is 79.9. The molecule has 0 unspecified atom stereocenters. The molecule has 1 heterocycles. The van der Waals surface area contributed by atoms with Gasteiger partial charge in [0, 0.05) is 4.88 Å². The Bertz CT molecular complexity index is 695. The van der Waals surface area contributed by atoms with Gasteiger partial charge in [-0.25, -0.2) is 8.42 Å². The van der Waals surface area contributed by atoms with E-state index in [0.29, 0.717) is 14.4 Å². The summed E-state index contributed by atoms with van der Waals surface area (Å²) in [6, 6.07) is 8.62. The van der Waals surface area contributed by atoms with E-state index in [4.69, 9.17) is 5.11 Å². The molecule has 0 atom stereocenters. The fraction of sp³-hybridized carbons (Fsp3) is 0.167. The van der Waals surface area contributed by atoms with Gasteiger partial charge in [-0.15, -0.1) is 11.3 Å². The van der Waals surface area contributed by atoms with Gasteiger partial charge >= 0.3 is 0 Å². The third kappa shape index (κ3) is 3.17. The highest BCUT2D eigenvalue weighted by molar-refractivity contribution is 9.11. The van der Waals surface area contributed by atoms with Crippen molar-refractivity contribution in [3.05, 3.63) is 44.6 Å². The number of aliphatic hydroxyl groups is 1. The monoisotopic (exact) mass is 361 g/mol. The fourth-order valence-electron chi connectivity index (χ4n) is 1.55. The Balaban J connectivity index is 2.38. The Morgan fingerprint density at radius 1 is 1.37 bits per heavy atom. The summed E-state index contributed by atoms with van der Waals surface area (Å²) in [5.74, 6) is 0. The van der Waals surface area contributed by atoms with Crippen LogP contribution in [0, 0.1) is 6.92 Å². The van der Waals surface area contributed by atoms with E-state index in [1.807, 2.05) is 19.1 Å². The maximum absolute atomic E-state index is 12.3. The zero-order chi connectivity index (χ0) is 14.0. The second-order valence-electron chi connectivity index (χ2n) is 3.93. The van der Waals surface area contributed by atoms with E-state index in [1.165, 1.54) is 17.4 Å². The first kappa shape index (κ1) is 14.5. The first-order valence-corrected chi connectivity index (χ1v) is 8.51. The number of para-hydroxylation sites is 1. The molecule has 19 heavy (non-hydrogen) atoms. The predicted octanol–water partition coefficient (Wildman–Crippen LogP) is 3.11. The minimum Gasteiger partial charge on any atom is -0.391 e. The van der Waals surface area contributed by atoms with Crippen LogP contribution in [0.4, 0.5) is 5.69 Å². The Morgan fingerprint density at radius 3 is 2.63 bits per heavy atom. The minimum absolute atomic E-state index is 0.143. The number of nitrogens with one attached hydrogen (secondary N) is 1. The van der Waals surface area contributed by atoms with E-state index in [0.717, 1.165) is 5.56 Å². The van der Waals surface area contributed by atoms with Gasteiger partial charge in [-0.05, 0) is 40.5 Å². The molecule has 0 radical (unpaired) electrons. The second kappa shape index (κ2) is 5.62. The summed E-state index contributed by atoms with van der Waals surface area (Å²) in [7, 11) is -3.65. The smallest absolute Gasteiger partial charge is 0.263 e. The van der Waals surface area contributed by atoms with Crippen molar-refractivity contribution in [1.29, 1.82) is 0 Å². The van der Waals surface area contributed by atoms with E-state index in [1.54, 1.807) is 12.1 Å². The zero-order valence-corrected chi connectivity index (χ0v) is 13.3. The van der Waals surface area contributed by atoms with Gasteiger partial charge in [-0.2, -0.15) is 0 Å². The van der Waals surface area contributed by atoms with Crippen molar-refractivity contribution in [3.63, 3.8) is 0 Å². The van der Waals surface area contributed by atoms with Gasteiger partial charge in [-0.3, -0.25) is 4.72 Å². The molecular weight excluding hydrogens is 350 g/mol. The van der Waals surface area contributed by atoms with Gasteiger partial charge in [0.25, 0.3) is 10.0 Å². The van der Waals surface area contributed by atoms with Crippen LogP contribution in [-0.2, 0) is 16.6 Å². The van der Waals surface area contributed by atoms with Gasteiger partial charge in [0.05, 0.1) is 16.1 Å². The highest BCUT2D eigenvalue weighted by Gasteiger charge is 2.21. The lowest BCUT2D eigenvalue weighted by atomic mass is 10.2. The molecule has 102 valence electrons. The van der Waals surface area contributed by atoms with E-state index in [9.17, 15) is 8.42 Å². The first-order chi connectivity index (χ1) is 8.94. The molecule has 0 aliphatic heterocycles. The number of sulfonamides is 1. The standard InChI is InChI=1S/C12H12BrNO3S2/c1-8-4-2-3-5-10(8)14-19(16,17)11-6-9(7-15)18-12(11)13/h2-6,14-15H,7H2,1H3. The Hall–Kier alpha value is -0.890. The van der Waals surface area contributed by atoms with Crippen LogP contribution in [0.1, 0.15) is 10.4 Å². The lowest BCUT2D eigenvalue weighted by molar-refractivity contribution is 0.285. The van der Waals surface area contributed by atoms with Crippen LogP contribution < -0.4 is 4.72 Å². The number of thiophene rings is 1. The van der Waals surface area contributed by atoms with Crippen molar-refractivity contribution >= 4 is 43.0 Å². The summed E-state index contributed by atoms with van der Waals surface area (Å²) >= 11 is 4.42. The maximum Gasteiger partial charge on any atom is 0.263 e. The van der Waals surface area contributed by atoms with Crippen LogP contribution in [0.25, 0.3) is 0 Å². The van der Waals surface area contributed by atoms with Gasteiger partial charge in [-0.1, -0.05) is 18.2 Å². The number of benzene rings is 1. The van der Waals surface area contributed by atoms with E-state index >= 15 is 0 Å². The van der Waals surface area contributed by atoms with Gasteiger partial charge in [0.2, 0.25) is 0 Å². The molecule has 2 aromatic rings. The molecule has 0 aliphatic rings. The van der Waals surface area contributed by atoms with E-state index in [-0.39, 0.29) is 11.5 Å². The van der Waals surface area contributed by atoms with Crippen molar-refractivity contribution in [2.45, 2.75) is 18.4 Å². The van der Waals surface area contributed by atoms with Gasteiger partial charge in [0.1, 0.15) is 4.90 Å². The summed E-state index contributed by atoms with van der Waals surface area (Å²) in [5.41, 5.74) is 1.39. The van der Waals surface area contributed by atoms with Crippen LogP contribution in [0.5, 0.6) is 0 Å². The largest absolute Gasteiger partial charge is 0.391 e. The summed E-state index contributed by atoms with van der Waals surface area (Å²) in [6.45, 7) is 1.66. The molecular formula is C12H12BrNO3S2. The minimum atomic E-state index is -3.65. The molecule has 4 nitrogen and oxygen atoms in total. The van der Waals surface area contributed by atoms with E-state index in [2.05, 4.69) is 20.7 Å². The predicted molar refractivity (Wildman–Crippen MR) is 79.9 cm³/mol.